The van der Waals surface area contributed by atoms with Gasteiger partial charge in [0.2, 0.25) is 5.91 Å². The highest BCUT2D eigenvalue weighted by molar-refractivity contribution is 7.98. The van der Waals surface area contributed by atoms with Gasteiger partial charge in [0.05, 0.1) is 4.90 Å². The summed E-state index contributed by atoms with van der Waals surface area (Å²) in [5.41, 5.74) is 1.90. The summed E-state index contributed by atoms with van der Waals surface area (Å²) >= 11 is 1.61. The number of hydrogen-bond donors (Lipinski definition) is 2. The molecule has 0 radical (unpaired) electrons. The van der Waals surface area contributed by atoms with Gasteiger partial charge < -0.3 is 5.32 Å². The lowest BCUT2D eigenvalue weighted by molar-refractivity contribution is -0.123. The van der Waals surface area contributed by atoms with Gasteiger partial charge in [0.25, 0.3) is 15.9 Å². The van der Waals surface area contributed by atoms with Crippen molar-refractivity contribution in [2.45, 2.75) is 16.7 Å². The van der Waals surface area contributed by atoms with Crippen molar-refractivity contribution in [1.82, 2.24) is 9.84 Å². The average Bonchev–Trinajstić information content (AvgIpc) is 3.14. The summed E-state index contributed by atoms with van der Waals surface area (Å²) in [4.78, 5) is 32.3. The second-order valence-corrected chi connectivity index (χ2v) is 10.1. The van der Waals surface area contributed by atoms with Crippen LogP contribution in [0.1, 0.15) is 18.1 Å². The summed E-state index contributed by atoms with van der Waals surface area (Å²) in [5.74, 6) is -0.704. The third-order valence-electron chi connectivity index (χ3n) is 5.01. The van der Waals surface area contributed by atoms with E-state index in [0.717, 1.165) is 15.5 Å². The van der Waals surface area contributed by atoms with Crippen LogP contribution in [0, 0.1) is 0 Å². The first-order valence-corrected chi connectivity index (χ1v) is 13.2. The molecule has 0 unspecified atom stereocenters. The second kappa shape index (κ2) is 10.3. The first-order valence-electron chi connectivity index (χ1n) is 10.5. The van der Waals surface area contributed by atoms with Crippen LogP contribution >= 0.6 is 11.8 Å². The highest BCUT2D eigenvalue weighted by Crippen LogP contribution is 2.24. The average molecular weight is 507 g/mol. The van der Waals surface area contributed by atoms with Crippen LogP contribution in [-0.4, -0.2) is 37.3 Å². The molecule has 0 spiro atoms. The van der Waals surface area contributed by atoms with Crippen molar-refractivity contribution < 1.29 is 18.0 Å². The summed E-state index contributed by atoms with van der Waals surface area (Å²) in [7, 11) is -4.14. The summed E-state index contributed by atoms with van der Waals surface area (Å²) < 4.78 is 26.2. The van der Waals surface area contributed by atoms with Crippen molar-refractivity contribution in [3.8, 4) is 0 Å². The maximum Gasteiger partial charge on any atom is 0.293 e. The number of carbonyl (C=O) groups is 2. The van der Waals surface area contributed by atoms with Crippen LogP contribution in [0.4, 0.5) is 5.69 Å². The topological polar surface area (TPSA) is 108 Å². The number of sulfonamides is 1. The fourth-order valence-corrected chi connectivity index (χ4v) is 4.75. The zero-order valence-corrected chi connectivity index (χ0v) is 20.6. The first-order chi connectivity index (χ1) is 16.8. The zero-order chi connectivity index (χ0) is 25.0. The molecule has 1 heterocycles. The van der Waals surface area contributed by atoms with Gasteiger partial charge in [-0.25, -0.2) is 18.4 Å². The van der Waals surface area contributed by atoms with Gasteiger partial charge in [-0.2, -0.15) is 0 Å². The van der Waals surface area contributed by atoms with Gasteiger partial charge >= 0.3 is 0 Å². The Kier molecular flexibility index (Phi) is 7.15. The van der Waals surface area contributed by atoms with Gasteiger partial charge in [-0.3, -0.25) is 9.59 Å². The molecule has 0 saturated heterocycles. The van der Waals surface area contributed by atoms with E-state index in [2.05, 4.69) is 15.1 Å². The Morgan fingerprint density at radius 2 is 1.63 bits per heavy atom. The number of benzene rings is 3. The number of anilines is 1. The Hall–Kier alpha value is -3.73. The maximum atomic E-state index is 13.3. The molecular formula is C25H22N4O4S2. The molecule has 0 atom stereocenters. The minimum Gasteiger partial charge on any atom is -0.326 e. The second-order valence-electron chi connectivity index (χ2n) is 7.55. The Morgan fingerprint density at radius 1 is 0.971 bits per heavy atom. The Labute approximate surface area is 207 Å². The molecule has 0 saturated carbocycles. The van der Waals surface area contributed by atoms with E-state index in [1.54, 1.807) is 42.1 Å². The minimum absolute atomic E-state index is 0.0723. The molecule has 0 bridgehead atoms. The van der Waals surface area contributed by atoms with E-state index in [-0.39, 0.29) is 22.3 Å². The molecule has 2 N–H and O–H groups in total. The Balaban J connectivity index is 1.66. The number of aliphatic imine (C=N–C) groups is 1. The largest absolute Gasteiger partial charge is 0.326 e. The summed E-state index contributed by atoms with van der Waals surface area (Å²) in [6.07, 6.45) is 3.59. The molecular weight excluding hydrogens is 484 g/mol. The minimum atomic E-state index is -4.14. The van der Waals surface area contributed by atoms with Gasteiger partial charge in [0.15, 0.2) is 5.84 Å². The third kappa shape index (κ3) is 5.68. The lowest BCUT2D eigenvalue weighted by Gasteiger charge is -2.19. The number of carbonyl (C=O) groups excluding carboxylic acids is 2. The highest BCUT2D eigenvalue weighted by Gasteiger charge is 2.34. The van der Waals surface area contributed by atoms with Crippen molar-refractivity contribution >= 4 is 51.2 Å². The van der Waals surface area contributed by atoms with Crippen molar-refractivity contribution in [3.05, 3.63) is 95.7 Å². The number of nitrogens with zero attached hydrogens (tertiary/aromatic N) is 2. The van der Waals surface area contributed by atoms with Gasteiger partial charge in [-0.1, -0.05) is 42.5 Å². The van der Waals surface area contributed by atoms with Crippen molar-refractivity contribution in [3.63, 3.8) is 0 Å². The molecule has 3 aromatic rings. The van der Waals surface area contributed by atoms with Gasteiger partial charge in [-0.05, 0) is 54.3 Å². The normalized spacial score (nSPS) is 14.8. The molecule has 8 nitrogen and oxygen atoms in total. The zero-order valence-electron chi connectivity index (χ0n) is 18.9. The summed E-state index contributed by atoms with van der Waals surface area (Å²) in [6, 6.07) is 22.1. The monoisotopic (exact) mass is 506 g/mol. The van der Waals surface area contributed by atoms with E-state index in [1.807, 2.05) is 36.6 Å². The number of hydrogen-bond acceptors (Lipinski definition) is 6. The highest BCUT2D eigenvalue weighted by atomic mass is 32.2. The van der Waals surface area contributed by atoms with E-state index < -0.39 is 15.9 Å². The number of amidine groups is 1. The van der Waals surface area contributed by atoms with Crippen LogP contribution < -0.4 is 10.1 Å². The fourth-order valence-electron chi connectivity index (χ4n) is 3.33. The van der Waals surface area contributed by atoms with Gasteiger partial charge in [0, 0.05) is 23.1 Å². The molecule has 0 aromatic heterocycles. The maximum absolute atomic E-state index is 13.3. The third-order valence-corrected chi connectivity index (χ3v) is 7.07. The Morgan fingerprint density at radius 3 is 2.23 bits per heavy atom. The smallest absolute Gasteiger partial charge is 0.293 e. The van der Waals surface area contributed by atoms with E-state index in [4.69, 9.17) is 0 Å². The van der Waals surface area contributed by atoms with E-state index in [1.165, 1.54) is 31.2 Å². The number of thioether (sulfide) groups is 1. The van der Waals surface area contributed by atoms with Crippen molar-refractivity contribution in [2.75, 3.05) is 11.6 Å². The number of amides is 2. The lowest BCUT2D eigenvalue weighted by atomic mass is 10.2. The SMILES string of the molecule is CSc1ccc(C=C2N=C(c3ccccc3)N(NS(=O)(=O)c3ccc(NC(C)=O)cc3)C2=O)cc1. The molecule has 2 amide bonds. The molecule has 178 valence electrons. The molecule has 35 heavy (non-hydrogen) atoms. The molecule has 0 fully saturated rings. The van der Waals surface area contributed by atoms with Crippen LogP contribution in [0.3, 0.4) is 0 Å². The van der Waals surface area contributed by atoms with Gasteiger partial charge in [0.1, 0.15) is 5.70 Å². The Bertz CT molecular complexity index is 1420. The van der Waals surface area contributed by atoms with Crippen molar-refractivity contribution in [1.29, 1.82) is 0 Å². The van der Waals surface area contributed by atoms with Gasteiger partial charge in [-0.15, -0.1) is 16.6 Å². The quantitative estimate of drug-likeness (QED) is 0.373. The van der Waals surface area contributed by atoms with Crippen LogP contribution in [0.2, 0.25) is 0 Å². The van der Waals surface area contributed by atoms with E-state index in [0.29, 0.717) is 11.3 Å². The summed E-state index contributed by atoms with van der Waals surface area (Å²) in [5, 5.41) is 3.52. The predicted octanol–water partition coefficient (Wildman–Crippen LogP) is 3.89. The van der Waals surface area contributed by atoms with Crippen LogP contribution in [0.15, 0.2) is 99.3 Å². The van der Waals surface area contributed by atoms with Crippen LogP contribution in [0.5, 0.6) is 0 Å². The molecule has 0 aliphatic carbocycles. The summed E-state index contributed by atoms with van der Waals surface area (Å²) in [6.45, 7) is 1.36. The number of hydrazine groups is 1. The van der Waals surface area contributed by atoms with Crippen LogP contribution in [-0.2, 0) is 19.6 Å². The van der Waals surface area contributed by atoms with E-state index in [9.17, 15) is 18.0 Å². The molecule has 1 aliphatic heterocycles. The van der Waals surface area contributed by atoms with Crippen LogP contribution in [0.25, 0.3) is 6.08 Å². The fraction of sp³-hybridized carbons (Fsp3) is 0.0800. The predicted molar refractivity (Wildman–Crippen MR) is 137 cm³/mol. The number of nitrogens with one attached hydrogen (secondary N) is 2. The number of rotatable bonds is 7. The lowest BCUT2D eigenvalue weighted by Crippen LogP contribution is -2.47. The first kappa shape index (κ1) is 24.4. The molecule has 1 aliphatic rings. The van der Waals surface area contributed by atoms with Crippen molar-refractivity contribution in [2.24, 2.45) is 4.99 Å². The molecule has 10 heteroatoms. The molecule has 3 aromatic carbocycles. The standard InChI is InChI=1S/C25H22N4O4S2/c1-17(30)26-20-10-14-22(15-11-20)35(32,33)28-29-24(19-6-4-3-5-7-19)27-23(25(29)31)16-18-8-12-21(34-2)13-9-18/h3-16,28H,1-2H3,(H,26,30). The molecule has 4 rings (SSSR count). The van der Waals surface area contributed by atoms with E-state index >= 15 is 0 Å².